The minimum absolute atomic E-state index is 0.187. The molecular formula is C6H12N2O4. The number of hydrogen-bond acceptors (Lipinski definition) is 6. The number of rotatable bonds is 4. The molecule has 0 aliphatic heterocycles. The molecule has 0 bridgehead atoms. The van der Waals surface area contributed by atoms with Gasteiger partial charge < -0.3 is 15.2 Å². The van der Waals surface area contributed by atoms with E-state index in [-0.39, 0.29) is 13.2 Å². The van der Waals surface area contributed by atoms with E-state index >= 15 is 0 Å². The zero-order valence-electron chi connectivity index (χ0n) is 6.78. The Balaban J connectivity index is 3.78. The van der Waals surface area contributed by atoms with Crippen LogP contribution in [0.15, 0.2) is 0 Å². The molecule has 6 heteroatoms. The summed E-state index contributed by atoms with van der Waals surface area (Å²) in [5.41, 5.74) is 10.0. The van der Waals surface area contributed by atoms with E-state index in [4.69, 9.17) is 11.5 Å². The van der Waals surface area contributed by atoms with Gasteiger partial charge in [-0.3, -0.25) is 10.5 Å². The Morgan fingerprint density at radius 3 is 2.50 bits per heavy atom. The molecule has 0 radical (unpaired) electrons. The lowest BCUT2D eigenvalue weighted by Gasteiger charge is -2.10. The molecule has 0 aromatic carbocycles. The van der Waals surface area contributed by atoms with E-state index in [2.05, 4.69) is 9.47 Å². The Hall–Kier alpha value is -1.14. The van der Waals surface area contributed by atoms with Crippen molar-refractivity contribution in [2.75, 3.05) is 13.2 Å². The van der Waals surface area contributed by atoms with Gasteiger partial charge in [-0.1, -0.05) is 0 Å². The highest BCUT2D eigenvalue weighted by Crippen LogP contribution is 1.88. The Labute approximate surface area is 69.8 Å². The average molecular weight is 176 g/mol. The summed E-state index contributed by atoms with van der Waals surface area (Å²) in [6, 6.07) is 0. The molecule has 0 aromatic heterocycles. The van der Waals surface area contributed by atoms with E-state index in [1.54, 1.807) is 6.92 Å². The van der Waals surface area contributed by atoms with E-state index in [9.17, 15) is 9.59 Å². The first kappa shape index (κ1) is 10.9. The number of esters is 2. The topological polar surface area (TPSA) is 105 Å². The van der Waals surface area contributed by atoms with Crippen LogP contribution in [0.2, 0.25) is 0 Å². The van der Waals surface area contributed by atoms with Gasteiger partial charge in [-0.05, 0) is 6.92 Å². The summed E-state index contributed by atoms with van der Waals surface area (Å²) in [5, 5.41) is 0. The summed E-state index contributed by atoms with van der Waals surface area (Å²) in [7, 11) is 0. The van der Waals surface area contributed by atoms with Gasteiger partial charge in [0.25, 0.3) is 0 Å². The molecule has 0 amide bonds. The maximum Gasteiger partial charge on any atom is 0.362 e. The first-order chi connectivity index (χ1) is 5.61. The molecule has 6 nitrogen and oxygen atoms in total. The van der Waals surface area contributed by atoms with Gasteiger partial charge in [0.15, 0.2) is 0 Å². The predicted octanol–water partition coefficient (Wildman–Crippen LogP) is -1.66. The van der Waals surface area contributed by atoms with Gasteiger partial charge >= 0.3 is 11.9 Å². The third kappa shape index (κ3) is 3.89. The molecule has 0 saturated carbocycles. The van der Waals surface area contributed by atoms with Crippen molar-refractivity contribution in [3.8, 4) is 0 Å². The molecule has 1 atom stereocenters. The fourth-order valence-electron chi connectivity index (χ4n) is 0.462. The van der Waals surface area contributed by atoms with Gasteiger partial charge in [-0.15, -0.1) is 0 Å². The largest absolute Gasteiger partial charge is 0.462 e. The molecule has 0 heterocycles. The maximum atomic E-state index is 10.7. The van der Waals surface area contributed by atoms with Gasteiger partial charge in [-0.2, -0.15) is 0 Å². The lowest BCUT2D eigenvalue weighted by molar-refractivity contribution is -0.166. The van der Waals surface area contributed by atoms with Crippen LogP contribution in [-0.4, -0.2) is 31.3 Å². The maximum absolute atomic E-state index is 10.7. The summed E-state index contributed by atoms with van der Waals surface area (Å²) in [6.45, 7) is 1.50. The van der Waals surface area contributed by atoms with E-state index in [1.165, 1.54) is 0 Å². The number of carbonyl (C=O) groups excluding carboxylic acids is 2. The Morgan fingerprint density at radius 1 is 1.50 bits per heavy atom. The zero-order valence-corrected chi connectivity index (χ0v) is 6.78. The van der Waals surface area contributed by atoms with Crippen LogP contribution >= 0.6 is 0 Å². The molecule has 0 fully saturated rings. The average Bonchev–Trinajstić information content (AvgIpc) is 2.04. The summed E-state index contributed by atoms with van der Waals surface area (Å²) < 4.78 is 8.82. The standard InChI is InChI=1S/C6H12N2O4/c1-2-11-6(10)5(8)12-4(9)3-7/h5H,2-3,7-8H2,1H3. The summed E-state index contributed by atoms with van der Waals surface area (Å²) in [5.74, 6) is -1.52. The highest BCUT2D eigenvalue weighted by atomic mass is 16.6. The fourth-order valence-corrected chi connectivity index (χ4v) is 0.462. The van der Waals surface area contributed by atoms with E-state index in [0.29, 0.717) is 0 Å². The number of hydrogen-bond donors (Lipinski definition) is 2. The molecule has 0 saturated heterocycles. The van der Waals surface area contributed by atoms with Gasteiger partial charge in [-0.25, -0.2) is 4.79 Å². The van der Waals surface area contributed by atoms with Crippen molar-refractivity contribution in [2.24, 2.45) is 11.5 Å². The van der Waals surface area contributed by atoms with Gasteiger partial charge in [0.2, 0.25) is 6.23 Å². The third-order valence-corrected chi connectivity index (χ3v) is 0.944. The van der Waals surface area contributed by atoms with Crippen molar-refractivity contribution in [3.63, 3.8) is 0 Å². The smallest absolute Gasteiger partial charge is 0.362 e. The highest BCUT2D eigenvalue weighted by molar-refractivity contribution is 5.79. The molecule has 0 aromatic rings. The Bertz CT molecular complexity index is 171. The minimum atomic E-state index is -1.37. The molecular weight excluding hydrogens is 164 g/mol. The number of nitrogens with two attached hydrogens (primary N) is 2. The second-order valence-corrected chi connectivity index (χ2v) is 1.87. The van der Waals surface area contributed by atoms with Gasteiger partial charge in [0.1, 0.15) is 0 Å². The molecule has 0 aliphatic rings. The monoisotopic (exact) mass is 176 g/mol. The third-order valence-electron chi connectivity index (χ3n) is 0.944. The predicted molar refractivity (Wildman–Crippen MR) is 39.8 cm³/mol. The van der Waals surface area contributed by atoms with Crippen LogP contribution in [0.25, 0.3) is 0 Å². The summed E-state index contributed by atoms with van der Waals surface area (Å²) in [4.78, 5) is 21.2. The highest BCUT2D eigenvalue weighted by Gasteiger charge is 2.17. The Morgan fingerprint density at radius 2 is 2.08 bits per heavy atom. The summed E-state index contributed by atoms with van der Waals surface area (Å²) in [6.07, 6.45) is -1.37. The molecule has 0 spiro atoms. The van der Waals surface area contributed by atoms with Crippen molar-refractivity contribution in [1.29, 1.82) is 0 Å². The van der Waals surface area contributed by atoms with Crippen LogP contribution in [0.4, 0.5) is 0 Å². The number of ether oxygens (including phenoxy) is 2. The first-order valence-corrected chi connectivity index (χ1v) is 3.43. The normalized spacial score (nSPS) is 11.9. The zero-order chi connectivity index (χ0) is 9.56. The van der Waals surface area contributed by atoms with Crippen molar-refractivity contribution >= 4 is 11.9 Å². The van der Waals surface area contributed by atoms with Crippen LogP contribution in [0, 0.1) is 0 Å². The fraction of sp³-hybridized carbons (Fsp3) is 0.667. The second-order valence-electron chi connectivity index (χ2n) is 1.87. The summed E-state index contributed by atoms with van der Waals surface area (Å²) >= 11 is 0. The molecule has 0 aliphatic carbocycles. The molecule has 0 rings (SSSR count). The number of carbonyl (C=O) groups is 2. The van der Waals surface area contributed by atoms with Crippen molar-refractivity contribution in [1.82, 2.24) is 0 Å². The lowest BCUT2D eigenvalue weighted by Crippen LogP contribution is -2.38. The van der Waals surface area contributed by atoms with Crippen molar-refractivity contribution in [2.45, 2.75) is 13.2 Å². The van der Waals surface area contributed by atoms with Crippen molar-refractivity contribution in [3.05, 3.63) is 0 Å². The van der Waals surface area contributed by atoms with Crippen LogP contribution in [0.1, 0.15) is 6.92 Å². The van der Waals surface area contributed by atoms with Gasteiger partial charge in [0, 0.05) is 0 Å². The van der Waals surface area contributed by atoms with E-state index in [0.717, 1.165) is 0 Å². The Kier molecular flexibility index (Phi) is 4.98. The van der Waals surface area contributed by atoms with Crippen LogP contribution in [-0.2, 0) is 19.1 Å². The van der Waals surface area contributed by atoms with Gasteiger partial charge in [0.05, 0.1) is 13.2 Å². The SMILES string of the molecule is CCOC(=O)C(N)OC(=O)CN. The molecule has 4 N–H and O–H groups in total. The minimum Gasteiger partial charge on any atom is -0.462 e. The lowest BCUT2D eigenvalue weighted by atomic mass is 10.6. The molecule has 12 heavy (non-hydrogen) atoms. The van der Waals surface area contributed by atoms with Crippen LogP contribution in [0.5, 0.6) is 0 Å². The van der Waals surface area contributed by atoms with E-state index < -0.39 is 18.2 Å². The second kappa shape index (κ2) is 5.50. The molecule has 70 valence electrons. The first-order valence-electron chi connectivity index (χ1n) is 3.43. The quantitative estimate of drug-likeness (QED) is 0.392. The van der Waals surface area contributed by atoms with Crippen LogP contribution in [0.3, 0.4) is 0 Å². The van der Waals surface area contributed by atoms with E-state index in [1.807, 2.05) is 0 Å². The van der Waals surface area contributed by atoms with Crippen LogP contribution < -0.4 is 11.5 Å². The molecule has 1 unspecified atom stereocenters. The van der Waals surface area contributed by atoms with Crippen molar-refractivity contribution < 1.29 is 19.1 Å².